The molecule has 2 aliphatic heterocycles. The number of nitrogens with zero attached hydrogens (tertiary/aromatic N) is 2. The SMILES string of the molecule is CC(=O)CCC1(C)\C(=C/C=C/C=C/C2=N[C-]=C(/C=C(/Cl)[CH]=[Ni])C2(C)C)N(CCCS(=O)(=O)O)c2ccc(S(=O)(=O)O)cc21.[CH2-]CCS(=O)(=O)O. The van der Waals surface area contributed by atoms with E-state index in [1.165, 1.54) is 24.1 Å². The van der Waals surface area contributed by atoms with Crippen molar-refractivity contribution >= 4 is 64.1 Å². The predicted molar refractivity (Wildman–Crippen MR) is 193 cm³/mol. The molecule has 12 nitrogen and oxygen atoms in total. The molecule has 1 unspecified atom stereocenters. The van der Waals surface area contributed by atoms with E-state index in [1.54, 1.807) is 24.3 Å². The van der Waals surface area contributed by atoms with E-state index >= 15 is 0 Å². The van der Waals surface area contributed by atoms with E-state index in [0.29, 0.717) is 28.4 Å². The van der Waals surface area contributed by atoms with Crippen molar-refractivity contribution in [2.75, 3.05) is 23.0 Å². The van der Waals surface area contributed by atoms with Crippen molar-refractivity contribution in [2.45, 2.75) is 63.7 Å². The molecule has 2 aliphatic rings. The van der Waals surface area contributed by atoms with Gasteiger partial charge in [0, 0.05) is 29.8 Å². The van der Waals surface area contributed by atoms with Crippen molar-refractivity contribution in [3.05, 3.63) is 89.6 Å². The maximum atomic E-state index is 12.0. The van der Waals surface area contributed by atoms with E-state index in [2.05, 4.69) is 33.1 Å². The summed E-state index contributed by atoms with van der Waals surface area (Å²) in [5.41, 5.74) is 2.15. The van der Waals surface area contributed by atoms with Gasteiger partial charge in [0.15, 0.2) is 0 Å². The van der Waals surface area contributed by atoms with Crippen molar-refractivity contribution < 1.29 is 58.7 Å². The molecule has 50 heavy (non-hydrogen) atoms. The molecule has 0 fully saturated rings. The van der Waals surface area contributed by atoms with Crippen LogP contribution >= 0.6 is 11.6 Å². The summed E-state index contributed by atoms with van der Waals surface area (Å²) in [6.45, 7) is 10.8. The summed E-state index contributed by atoms with van der Waals surface area (Å²) >= 11 is 10.6. The number of anilines is 1. The Kier molecular flexibility index (Phi) is 15.5. The number of rotatable bonds is 15. The molecule has 2 heterocycles. The Morgan fingerprint density at radius 2 is 1.68 bits per heavy atom. The van der Waals surface area contributed by atoms with Crippen LogP contribution in [0.1, 0.15) is 58.9 Å². The molecule has 0 spiro atoms. The number of allylic oxidation sites excluding steroid dienone is 9. The van der Waals surface area contributed by atoms with Crippen molar-refractivity contribution in [1.82, 2.24) is 0 Å². The van der Waals surface area contributed by atoms with Crippen molar-refractivity contribution in [3.63, 3.8) is 0 Å². The third-order valence-electron chi connectivity index (χ3n) is 7.88. The summed E-state index contributed by atoms with van der Waals surface area (Å²) in [4.78, 5) is 19.4. The maximum Gasteiger partial charge on any atom is 0.294 e. The minimum absolute atomic E-state index is 0.0524. The minimum atomic E-state index is -4.51. The Balaban J connectivity index is 0.00000112. The molecular formula is C33H41ClN2NiO10S3-2. The normalized spacial score (nSPS) is 20.2. The molecular weight excluding hydrogens is 775 g/mol. The topological polar surface area (TPSA) is 196 Å². The first-order valence-electron chi connectivity index (χ1n) is 15.1. The van der Waals surface area contributed by atoms with Gasteiger partial charge in [-0.1, -0.05) is 0 Å². The number of ketones is 1. The standard InChI is InChI=1S/C30H34ClN2O7S2.C3H7O3S.Ni/c1-21(31)18-23-20-32-27(29(23,3)4)10-7-6-8-11-28-30(5,15-14-22(2)34)25-19-24(42(38,39)40)12-13-26(25)33(28)16-9-17-41(35,36)37;1-2-3-7(4,5)6;/h1,6-8,10-13,18-19H,9,14-17H2,2-5H3,(H,35,36,37)(H,38,39,40);1-3H2,(H,4,5,6);/q2*-1;/b8-6+,10-7+,21-18+,28-11+;;. The van der Waals surface area contributed by atoms with Crippen molar-refractivity contribution in [1.29, 1.82) is 0 Å². The van der Waals surface area contributed by atoms with Gasteiger partial charge in [0.25, 0.3) is 30.4 Å². The summed E-state index contributed by atoms with van der Waals surface area (Å²) in [7, 11) is -12.4. The van der Waals surface area contributed by atoms with Crippen LogP contribution in [0.2, 0.25) is 0 Å². The first-order valence-corrected chi connectivity index (χ1v) is 20.7. The molecule has 1 aromatic carbocycles. The molecule has 17 heteroatoms. The molecule has 0 amide bonds. The number of fused-ring (bicyclic) bond motifs is 1. The van der Waals surface area contributed by atoms with Gasteiger partial charge in [-0.05, 0) is 50.5 Å². The van der Waals surface area contributed by atoms with E-state index in [4.69, 9.17) is 16.2 Å². The largest absolute Gasteiger partial charge is 0.344 e. The van der Waals surface area contributed by atoms with Gasteiger partial charge >= 0.3 is 121 Å². The predicted octanol–water partition coefficient (Wildman–Crippen LogP) is 5.39. The minimum Gasteiger partial charge on any atom is -0.344 e. The van der Waals surface area contributed by atoms with Crippen molar-refractivity contribution in [2.24, 2.45) is 10.4 Å². The maximum absolute atomic E-state index is 12.0. The quantitative estimate of drug-likeness (QED) is 0.0889. The summed E-state index contributed by atoms with van der Waals surface area (Å²) in [6, 6.07) is 4.21. The number of hydrogen-bond acceptors (Lipinski definition) is 9. The second-order valence-electron chi connectivity index (χ2n) is 12.2. The van der Waals surface area contributed by atoms with Gasteiger partial charge in [0.1, 0.15) is 5.78 Å². The van der Waals surface area contributed by atoms with Crippen LogP contribution in [0, 0.1) is 18.5 Å². The Bertz CT molecular complexity index is 1980. The smallest absolute Gasteiger partial charge is 0.294 e. The van der Waals surface area contributed by atoms with E-state index in [-0.39, 0.29) is 42.2 Å². The summed E-state index contributed by atoms with van der Waals surface area (Å²) in [6.07, 6.45) is 14.6. The number of hydrogen-bond donors (Lipinski definition) is 3. The van der Waals surface area contributed by atoms with E-state index in [9.17, 15) is 39.2 Å². The van der Waals surface area contributed by atoms with E-state index in [0.717, 1.165) is 11.3 Å². The summed E-state index contributed by atoms with van der Waals surface area (Å²) in [5, 5.41) is 0.428. The molecule has 3 N–H and O–H groups in total. The van der Waals surface area contributed by atoms with Gasteiger partial charge in [-0.15, -0.1) is 0 Å². The molecule has 0 radical (unpaired) electrons. The average Bonchev–Trinajstić information content (AvgIpc) is 3.39. The monoisotopic (exact) mass is 814 g/mol. The van der Waals surface area contributed by atoms with E-state index < -0.39 is 46.9 Å². The van der Waals surface area contributed by atoms with Crippen LogP contribution in [0.3, 0.4) is 0 Å². The Morgan fingerprint density at radius 1 is 1.04 bits per heavy atom. The Morgan fingerprint density at radius 3 is 2.20 bits per heavy atom. The summed E-state index contributed by atoms with van der Waals surface area (Å²) in [5.74, 6) is -0.759. The number of benzene rings is 1. The molecule has 0 aliphatic carbocycles. The Hall–Kier alpha value is -2.56. The van der Waals surface area contributed by atoms with Crippen LogP contribution in [-0.4, -0.2) is 73.5 Å². The Labute approximate surface area is 307 Å². The second kappa shape index (κ2) is 17.8. The zero-order valence-electron chi connectivity index (χ0n) is 27.9. The number of Topliss-reactive ketones (excluding diaryl/α,β-unsaturated/α-hetero) is 1. The third kappa shape index (κ3) is 12.6. The van der Waals surface area contributed by atoms with E-state index in [1.807, 2.05) is 43.9 Å². The van der Waals surface area contributed by atoms with Crippen LogP contribution in [0.5, 0.6) is 0 Å². The number of aliphatic imine (C=N–C) groups is 1. The summed E-state index contributed by atoms with van der Waals surface area (Å²) < 4.78 is 93.2. The van der Waals surface area contributed by atoms with Gasteiger partial charge in [-0.2, -0.15) is 31.7 Å². The number of carbonyl (C=O) groups is 1. The number of halogens is 1. The van der Waals surface area contributed by atoms with Gasteiger partial charge < -0.3 is 16.6 Å². The molecule has 3 rings (SSSR count). The zero-order chi connectivity index (χ0) is 38.1. The fourth-order valence-electron chi connectivity index (χ4n) is 5.23. The van der Waals surface area contributed by atoms with Crippen LogP contribution in [-0.2, 0) is 55.6 Å². The van der Waals surface area contributed by atoms with Crippen LogP contribution in [0.15, 0.2) is 80.8 Å². The first kappa shape index (κ1) is 43.6. The van der Waals surface area contributed by atoms with Gasteiger partial charge in [0.2, 0.25) is 0 Å². The fraction of sp³-hybridized carbons (Fsp3) is 0.394. The first-order chi connectivity index (χ1) is 23.0. The fourth-order valence-corrected chi connectivity index (χ4v) is 6.78. The van der Waals surface area contributed by atoms with Gasteiger partial charge in [-0.3, -0.25) is 13.7 Å². The molecule has 1 aromatic rings. The van der Waals surface area contributed by atoms with Gasteiger partial charge in [-0.25, -0.2) is 0 Å². The molecule has 0 saturated carbocycles. The average molecular weight is 816 g/mol. The van der Waals surface area contributed by atoms with Crippen molar-refractivity contribution in [3.8, 4) is 0 Å². The van der Waals surface area contributed by atoms with Crippen LogP contribution in [0.25, 0.3) is 0 Å². The zero-order valence-corrected chi connectivity index (χ0v) is 32.1. The van der Waals surface area contributed by atoms with Crippen LogP contribution < -0.4 is 4.90 Å². The van der Waals surface area contributed by atoms with Crippen LogP contribution in [0.4, 0.5) is 5.69 Å². The molecule has 0 saturated heterocycles. The van der Waals surface area contributed by atoms with Gasteiger partial charge in [0.05, 0.1) is 10.6 Å². The molecule has 1 atom stereocenters. The number of carbonyl (C=O) groups excluding carboxylic acids is 1. The molecule has 0 aromatic heterocycles. The third-order valence-corrected chi connectivity index (χ3v) is 11.0. The second-order valence-corrected chi connectivity index (χ2v) is 17.5. The molecule has 0 bridgehead atoms. The molecule has 280 valence electrons.